The zero-order valence-corrected chi connectivity index (χ0v) is 13.7. The summed E-state index contributed by atoms with van der Waals surface area (Å²) in [6, 6.07) is 0. The molecule has 0 aromatic heterocycles. The normalized spacial score (nSPS) is 27.1. The molecule has 4 nitrogen and oxygen atoms in total. The van der Waals surface area contributed by atoms with E-state index in [1.165, 1.54) is 12.8 Å². The first-order valence-corrected chi connectivity index (χ1v) is 8.15. The zero-order valence-electron chi connectivity index (χ0n) is 13.7. The van der Waals surface area contributed by atoms with Gasteiger partial charge < -0.3 is 11.1 Å². The minimum atomic E-state index is 0.0294. The average Bonchev–Trinajstić information content (AvgIpc) is 2.42. The van der Waals surface area contributed by atoms with Crippen LogP contribution < -0.4 is 11.1 Å². The third-order valence-electron chi connectivity index (χ3n) is 4.54. The van der Waals surface area contributed by atoms with Crippen LogP contribution in [0.4, 0.5) is 0 Å². The van der Waals surface area contributed by atoms with Gasteiger partial charge in [0.05, 0.1) is 6.54 Å². The van der Waals surface area contributed by atoms with E-state index in [0.29, 0.717) is 24.9 Å². The van der Waals surface area contributed by atoms with E-state index < -0.39 is 0 Å². The SMILES string of the molecule is CCN(CC(=O)NCC(C)C)C1(CN)CCCC(C)C1. The van der Waals surface area contributed by atoms with Crippen LogP contribution in [0.15, 0.2) is 0 Å². The molecule has 3 N–H and O–H groups in total. The topological polar surface area (TPSA) is 58.4 Å². The number of carbonyl (C=O) groups is 1. The lowest BCUT2D eigenvalue weighted by atomic mass is 9.75. The molecule has 1 aliphatic rings. The van der Waals surface area contributed by atoms with E-state index in [0.717, 1.165) is 25.9 Å². The maximum Gasteiger partial charge on any atom is 0.234 e. The predicted octanol–water partition coefficient (Wildman–Crippen LogP) is 1.99. The van der Waals surface area contributed by atoms with Crippen LogP contribution >= 0.6 is 0 Å². The Kier molecular flexibility index (Phi) is 6.96. The third kappa shape index (κ3) is 4.74. The maximum absolute atomic E-state index is 12.1. The maximum atomic E-state index is 12.1. The molecule has 118 valence electrons. The summed E-state index contributed by atoms with van der Waals surface area (Å²) in [6.07, 6.45) is 4.76. The number of hydrogen-bond acceptors (Lipinski definition) is 3. The van der Waals surface area contributed by atoms with Crippen LogP contribution in [0.25, 0.3) is 0 Å². The lowest BCUT2D eigenvalue weighted by Crippen LogP contribution is -2.58. The molecule has 2 unspecified atom stereocenters. The molecular formula is C16H33N3O. The molecule has 0 aliphatic heterocycles. The fourth-order valence-electron chi connectivity index (χ4n) is 3.40. The first kappa shape index (κ1) is 17.4. The Bertz CT molecular complexity index is 306. The Balaban J connectivity index is 2.64. The molecule has 0 spiro atoms. The van der Waals surface area contributed by atoms with Crippen LogP contribution in [0, 0.1) is 11.8 Å². The molecule has 1 fully saturated rings. The van der Waals surface area contributed by atoms with Crippen molar-refractivity contribution in [2.45, 2.75) is 58.9 Å². The second kappa shape index (κ2) is 7.99. The van der Waals surface area contributed by atoms with Crippen molar-refractivity contribution in [3.8, 4) is 0 Å². The molecule has 4 heteroatoms. The highest BCUT2D eigenvalue weighted by atomic mass is 16.2. The summed E-state index contributed by atoms with van der Waals surface area (Å²) in [6.45, 7) is 11.4. The van der Waals surface area contributed by atoms with Gasteiger partial charge in [-0.15, -0.1) is 0 Å². The van der Waals surface area contributed by atoms with E-state index >= 15 is 0 Å². The standard InChI is InChI=1S/C16H33N3O/c1-5-19(11-15(20)18-10-13(2)3)16(12-17)8-6-7-14(4)9-16/h13-14H,5-12,17H2,1-4H3,(H,18,20). The van der Waals surface area contributed by atoms with Gasteiger partial charge >= 0.3 is 0 Å². The molecule has 0 aromatic carbocycles. The Hall–Kier alpha value is -0.610. The van der Waals surface area contributed by atoms with Crippen molar-refractivity contribution in [2.75, 3.05) is 26.2 Å². The van der Waals surface area contributed by atoms with Gasteiger partial charge in [0.15, 0.2) is 0 Å². The van der Waals surface area contributed by atoms with E-state index in [-0.39, 0.29) is 11.4 Å². The van der Waals surface area contributed by atoms with Gasteiger partial charge in [-0.2, -0.15) is 0 Å². The van der Waals surface area contributed by atoms with E-state index in [2.05, 4.69) is 37.9 Å². The first-order valence-electron chi connectivity index (χ1n) is 8.15. The molecule has 0 saturated heterocycles. The van der Waals surface area contributed by atoms with Crippen molar-refractivity contribution in [3.05, 3.63) is 0 Å². The van der Waals surface area contributed by atoms with Crippen molar-refractivity contribution in [2.24, 2.45) is 17.6 Å². The van der Waals surface area contributed by atoms with Gasteiger partial charge in [-0.25, -0.2) is 0 Å². The molecule has 1 amide bonds. The smallest absolute Gasteiger partial charge is 0.234 e. The summed E-state index contributed by atoms with van der Waals surface area (Å²) in [4.78, 5) is 14.4. The molecule has 0 heterocycles. The van der Waals surface area contributed by atoms with Crippen molar-refractivity contribution in [1.82, 2.24) is 10.2 Å². The number of hydrogen-bond donors (Lipinski definition) is 2. The lowest BCUT2D eigenvalue weighted by Gasteiger charge is -2.47. The molecule has 2 atom stereocenters. The Morgan fingerprint density at radius 1 is 1.50 bits per heavy atom. The second-order valence-electron chi connectivity index (χ2n) is 6.84. The monoisotopic (exact) mass is 283 g/mol. The number of nitrogens with zero attached hydrogens (tertiary/aromatic N) is 1. The summed E-state index contributed by atoms with van der Waals surface area (Å²) < 4.78 is 0. The van der Waals surface area contributed by atoms with Crippen LogP contribution in [0.1, 0.15) is 53.4 Å². The van der Waals surface area contributed by atoms with Gasteiger partial charge in [-0.1, -0.05) is 40.5 Å². The minimum Gasteiger partial charge on any atom is -0.355 e. The van der Waals surface area contributed by atoms with Gasteiger partial charge in [0.1, 0.15) is 0 Å². The minimum absolute atomic E-state index is 0.0294. The number of rotatable bonds is 7. The fourth-order valence-corrected chi connectivity index (χ4v) is 3.40. The predicted molar refractivity (Wildman–Crippen MR) is 84.5 cm³/mol. The highest BCUT2D eigenvalue weighted by molar-refractivity contribution is 5.78. The molecular weight excluding hydrogens is 250 g/mol. The molecule has 0 bridgehead atoms. The Morgan fingerprint density at radius 3 is 2.70 bits per heavy atom. The van der Waals surface area contributed by atoms with Crippen molar-refractivity contribution in [3.63, 3.8) is 0 Å². The summed E-state index contributed by atoms with van der Waals surface area (Å²) in [7, 11) is 0. The van der Waals surface area contributed by atoms with Gasteiger partial charge in [-0.05, 0) is 31.2 Å². The summed E-state index contributed by atoms with van der Waals surface area (Å²) >= 11 is 0. The van der Waals surface area contributed by atoms with Gasteiger partial charge in [0, 0.05) is 18.6 Å². The highest BCUT2D eigenvalue weighted by Gasteiger charge is 2.39. The molecule has 0 radical (unpaired) electrons. The average molecular weight is 283 g/mol. The largest absolute Gasteiger partial charge is 0.355 e. The Morgan fingerprint density at radius 2 is 2.20 bits per heavy atom. The summed E-state index contributed by atoms with van der Waals surface area (Å²) in [5.41, 5.74) is 6.13. The summed E-state index contributed by atoms with van der Waals surface area (Å²) in [5.74, 6) is 1.33. The van der Waals surface area contributed by atoms with Crippen LogP contribution in [0.5, 0.6) is 0 Å². The van der Waals surface area contributed by atoms with Crippen LogP contribution in [0.2, 0.25) is 0 Å². The van der Waals surface area contributed by atoms with Crippen LogP contribution in [0.3, 0.4) is 0 Å². The quantitative estimate of drug-likeness (QED) is 0.751. The van der Waals surface area contributed by atoms with E-state index in [1.807, 2.05) is 0 Å². The zero-order chi connectivity index (χ0) is 15.2. The van der Waals surface area contributed by atoms with Gasteiger partial charge in [0.25, 0.3) is 0 Å². The van der Waals surface area contributed by atoms with Crippen LogP contribution in [-0.4, -0.2) is 42.5 Å². The van der Waals surface area contributed by atoms with Gasteiger partial charge in [-0.3, -0.25) is 9.69 Å². The number of likely N-dealkylation sites (N-methyl/N-ethyl adjacent to an activating group) is 1. The number of carbonyl (C=O) groups excluding carboxylic acids is 1. The molecule has 1 saturated carbocycles. The third-order valence-corrected chi connectivity index (χ3v) is 4.54. The summed E-state index contributed by atoms with van der Waals surface area (Å²) in [5, 5.41) is 3.02. The van der Waals surface area contributed by atoms with Crippen molar-refractivity contribution < 1.29 is 4.79 Å². The van der Waals surface area contributed by atoms with E-state index in [4.69, 9.17) is 5.73 Å². The van der Waals surface area contributed by atoms with E-state index in [1.54, 1.807) is 0 Å². The van der Waals surface area contributed by atoms with Crippen molar-refractivity contribution >= 4 is 5.91 Å². The van der Waals surface area contributed by atoms with Crippen LogP contribution in [-0.2, 0) is 4.79 Å². The molecule has 1 aliphatic carbocycles. The van der Waals surface area contributed by atoms with E-state index in [9.17, 15) is 4.79 Å². The number of amides is 1. The number of nitrogens with two attached hydrogens (primary N) is 1. The molecule has 0 aromatic rings. The second-order valence-corrected chi connectivity index (χ2v) is 6.84. The molecule has 1 rings (SSSR count). The first-order chi connectivity index (χ1) is 9.43. The van der Waals surface area contributed by atoms with Crippen molar-refractivity contribution in [1.29, 1.82) is 0 Å². The highest BCUT2D eigenvalue weighted by Crippen LogP contribution is 2.36. The molecule has 20 heavy (non-hydrogen) atoms. The fraction of sp³-hybridized carbons (Fsp3) is 0.938. The lowest BCUT2D eigenvalue weighted by molar-refractivity contribution is -0.124. The number of nitrogens with one attached hydrogen (secondary N) is 1. The van der Waals surface area contributed by atoms with Gasteiger partial charge in [0.2, 0.25) is 5.91 Å². The Labute approximate surface area is 124 Å².